The maximum Gasteiger partial charge on any atom is 0.260 e. The van der Waals surface area contributed by atoms with Gasteiger partial charge in [0.05, 0.1) is 0 Å². The number of rotatable bonds is 3. The average molecular weight is 289 g/mol. The topological polar surface area (TPSA) is 58.8 Å². The second kappa shape index (κ2) is 6.35. The highest BCUT2D eigenvalue weighted by Gasteiger charge is 2.30. The maximum atomic E-state index is 12.3. The summed E-state index contributed by atoms with van der Waals surface area (Å²) in [6.07, 6.45) is 3.79. The van der Waals surface area contributed by atoms with Gasteiger partial charge in [0.25, 0.3) is 5.91 Å². The number of nitrogen functional groups attached to an aromatic ring is 1. The summed E-state index contributed by atoms with van der Waals surface area (Å²) >= 11 is 0. The first-order valence-electron chi connectivity index (χ1n) is 7.72. The zero-order chi connectivity index (χ0) is 14.7. The molecule has 0 aromatic heterocycles. The maximum absolute atomic E-state index is 12.3. The molecule has 0 bridgehead atoms. The number of amides is 1. The number of fused-ring (bicyclic) bond motifs is 1. The third-order valence-corrected chi connectivity index (χ3v) is 4.43. The Kier molecular flexibility index (Phi) is 4.29. The van der Waals surface area contributed by atoms with E-state index in [0.717, 1.165) is 19.6 Å². The van der Waals surface area contributed by atoms with E-state index in [0.29, 0.717) is 17.5 Å². The summed E-state index contributed by atoms with van der Waals surface area (Å²) in [6.45, 7) is 3.97. The van der Waals surface area contributed by atoms with Gasteiger partial charge in [-0.3, -0.25) is 9.69 Å². The molecule has 3 rings (SSSR count). The highest BCUT2D eigenvalue weighted by molar-refractivity contribution is 5.78. The van der Waals surface area contributed by atoms with E-state index in [1.54, 1.807) is 24.3 Å². The first-order valence-corrected chi connectivity index (χ1v) is 7.72. The van der Waals surface area contributed by atoms with Crippen molar-refractivity contribution < 1.29 is 9.53 Å². The number of piperazine rings is 1. The number of benzene rings is 1. The van der Waals surface area contributed by atoms with E-state index in [9.17, 15) is 4.79 Å². The molecule has 1 aromatic rings. The monoisotopic (exact) mass is 289 g/mol. The quantitative estimate of drug-likeness (QED) is 0.853. The lowest BCUT2D eigenvalue weighted by Gasteiger charge is -2.43. The number of anilines is 1. The van der Waals surface area contributed by atoms with Crippen molar-refractivity contribution in [3.05, 3.63) is 24.3 Å². The van der Waals surface area contributed by atoms with Gasteiger partial charge in [0.15, 0.2) is 6.61 Å². The molecule has 21 heavy (non-hydrogen) atoms. The Bertz CT molecular complexity index is 489. The van der Waals surface area contributed by atoms with E-state index in [2.05, 4.69) is 4.90 Å². The lowest BCUT2D eigenvalue weighted by Crippen LogP contribution is -2.56. The van der Waals surface area contributed by atoms with Gasteiger partial charge in [-0.05, 0) is 43.7 Å². The minimum Gasteiger partial charge on any atom is -0.484 e. The summed E-state index contributed by atoms with van der Waals surface area (Å²) < 4.78 is 5.55. The first-order chi connectivity index (χ1) is 10.2. The highest BCUT2D eigenvalue weighted by atomic mass is 16.5. The van der Waals surface area contributed by atoms with Crippen LogP contribution in [0.25, 0.3) is 0 Å². The molecule has 1 amide bonds. The Morgan fingerprint density at radius 1 is 1.19 bits per heavy atom. The van der Waals surface area contributed by atoms with E-state index in [4.69, 9.17) is 10.5 Å². The van der Waals surface area contributed by atoms with Gasteiger partial charge in [0.2, 0.25) is 0 Å². The molecule has 1 unspecified atom stereocenters. The van der Waals surface area contributed by atoms with Crippen molar-refractivity contribution in [3.8, 4) is 5.75 Å². The normalized spacial score (nSPS) is 22.7. The van der Waals surface area contributed by atoms with Gasteiger partial charge >= 0.3 is 0 Å². The predicted octanol–water partition coefficient (Wildman–Crippen LogP) is 1.34. The molecular weight excluding hydrogens is 266 g/mol. The number of carbonyl (C=O) groups is 1. The standard InChI is InChI=1S/C16H23N3O2/c17-13-4-6-15(7-5-13)21-12-16(20)19-10-9-18-8-2-1-3-14(18)11-19/h4-7,14H,1-3,8-12,17H2. The molecule has 0 spiro atoms. The van der Waals surface area contributed by atoms with E-state index < -0.39 is 0 Å². The Morgan fingerprint density at radius 3 is 2.81 bits per heavy atom. The van der Waals surface area contributed by atoms with Crippen LogP contribution in [0.2, 0.25) is 0 Å². The van der Waals surface area contributed by atoms with Crippen LogP contribution in [0, 0.1) is 0 Å². The number of nitrogens with two attached hydrogens (primary N) is 1. The number of piperidine rings is 1. The molecule has 2 heterocycles. The van der Waals surface area contributed by atoms with Gasteiger partial charge in [-0.25, -0.2) is 0 Å². The molecule has 2 fully saturated rings. The zero-order valence-electron chi connectivity index (χ0n) is 12.3. The van der Waals surface area contributed by atoms with Crippen LogP contribution >= 0.6 is 0 Å². The molecule has 5 heteroatoms. The van der Waals surface area contributed by atoms with Crippen LogP contribution < -0.4 is 10.5 Å². The smallest absolute Gasteiger partial charge is 0.260 e. The number of nitrogens with zero attached hydrogens (tertiary/aromatic N) is 2. The second-order valence-corrected chi connectivity index (χ2v) is 5.88. The molecule has 1 atom stereocenters. The molecule has 2 N–H and O–H groups in total. The van der Waals surface area contributed by atoms with Gasteiger partial charge in [-0.15, -0.1) is 0 Å². The van der Waals surface area contributed by atoms with Gasteiger partial charge in [-0.1, -0.05) is 6.42 Å². The van der Waals surface area contributed by atoms with Gasteiger partial charge in [-0.2, -0.15) is 0 Å². The lowest BCUT2D eigenvalue weighted by atomic mass is 9.99. The zero-order valence-corrected chi connectivity index (χ0v) is 12.3. The van der Waals surface area contributed by atoms with Crippen LogP contribution in [0.15, 0.2) is 24.3 Å². The van der Waals surface area contributed by atoms with Crippen LogP contribution in [0.4, 0.5) is 5.69 Å². The summed E-state index contributed by atoms with van der Waals surface area (Å²) in [5, 5.41) is 0. The summed E-state index contributed by atoms with van der Waals surface area (Å²) in [5.74, 6) is 0.769. The van der Waals surface area contributed by atoms with E-state index in [1.807, 2.05) is 4.90 Å². The second-order valence-electron chi connectivity index (χ2n) is 5.88. The summed E-state index contributed by atoms with van der Waals surface area (Å²) in [4.78, 5) is 16.7. The van der Waals surface area contributed by atoms with Crippen LogP contribution in [-0.4, -0.2) is 54.5 Å². The molecule has 1 aromatic carbocycles. The lowest BCUT2D eigenvalue weighted by molar-refractivity contribution is -0.136. The molecule has 114 valence electrons. The molecular formula is C16H23N3O2. The third kappa shape index (κ3) is 3.47. The number of hydrogen-bond donors (Lipinski definition) is 1. The fraction of sp³-hybridized carbons (Fsp3) is 0.562. The van der Waals surface area contributed by atoms with E-state index in [-0.39, 0.29) is 12.5 Å². The number of hydrogen-bond acceptors (Lipinski definition) is 4. The fourth-order valence-electron chi connectivity index (χ4n) is 3.18. The van der Waals surface area contributed by atoms with Crippen molar-refractivity contribution in [1.29, 1.82) is 0 Å². The average Bonchev–Trinajstić information content (AvgIpc) is 2.53. The largest absolute Gasteiger partial charge is 0.484 e. The Labute approximate surface area is 125 Å². The minimum absolute atomic E-state index is 0.0806. The van der Waals surface area contributed by atoms with Crippen molar-refractivity contribution in [1.82, 2.24) is 9.80 Å². The molecule has 2 aliphatic heterocycles. The highest BCUT2D eigenvalue weighted by Crippen LogP contribution is 2.21. The summed E-state index contributed by atoms with van der Waals surface area (Å²) in [7, 11) is 0. The van der Waals surface area contributed by atoms with Crippen LogP contribution in [0.1, 0.15) is 19.3 Å². The van der Waals surface area contributed by atoms with E-state index in [1.165, 1.54) is 25.8 Å². The number of ether oxygens (including phenoxy) is 1. The van der Waals surface area contributed by atoms with Crippen LogP contribution in [-0.2, 0) is 4.79 Å². The van der Waals surface area contributed by atoms with Crippen LogP contribution in [0.3, 0.4) is 0 Å². The summed E-state index contributed by atoms with van der Waals surface area (Å²) in [5.41, 5.74) is 6.32. The SMILES string of the molecule is Nc1ccc(OCC(=O)N2CCN3CCCCC3C2)cc1. The molecule has 2 saturated heterocycles. The fourth-order valence-corrected chi connectivity index (χ4v) is 3.18. The molecule has 5 nitrogen and oxygen atoms in total. The molecule has 2 aliphatic rings. The van der Waals surface area contributed by atoms with Gasteiger partial charge in [0.1, 0.15) is 5.75 Å². The van der Waals surface area contributed by atoms with Crippen molar-refractivity contribution in [2.24, 2.45) is 0 Å². The number of carbonyl (C=O) groups excluding carboxylic acids is 1. The minimum atomic E-state index is 0.0806. The van der Waals surface area contributed by atoms with Gasteiger partial charge in [0, 0.05) is 31.4 Å². The third-order valence-electron chi connectivity index (χ3n) is 4.43. The van der Waals surface area contributed by atoms with Crippen LogP contribution in [0.5, 0.6) is 5.75 Å². The molecule has 0 radical (unpaired) electrons. The Balaban J connectivity index is 1.50. The van der Waals surface area contributed by atoms with Crippen molar-refractivity contribution in [3.63, 3.8) is 0 Å². The predicted molar refractivity (Wildman–Crippen MR) is 82.1 cm³/mol. The Hall–Kier alpha value is -1.75. The molecule has 0 saturated carbocycles. The van der Waals surface area contributed by atoms with Crippen molar-refractivity contribution >= 4 is 11.6 Å². The van der Waals surface area contributed by atoms with Crippen molar-refractivity contribution in [2.45, 2.75) is 25.3 Å². The van der Waals surface area contributed by atoms with Gasteiger partial charge < -0.3 is 15.4 Å². The summed E-state index contributed by atoms with van der Waals surface area (Å²) in [6, 6.07) is 7.69. The Morgan fingerprint density at radius 2 is 2.00 bits per heavy atom. The molecule has 0 aliphatic carbocycles. The van der Waals surface area contributed by atoms with Crippen molar-refractivity contribution in [2.75, 3.05) is 38.5 Å². The first kappa shape index (κ1) is 14.2. The van der Waals surface area contributed by atoms with E-state index >= 15 is 0 Å².